The van der Waals surface area contributed by atoms with Crippen molar-refractivity contribution in [3.8, 4) is 0 Å². The van der Waals surface area contributed by atoms with Crippen LogP contribution in [0.3, 0.4) is 0 Å². The zero-order chi connectivity index (χ0) is 21.0. The summed E-state index contributed by atoms with van der Waals surface area (Å²) in [6, 6.07) is 0. The Balaban J connectivity index is 1.46. The van der Waals surface area contributed by atoms with Crippen molar-refractivity contribution in [3.05, 3.63) is 0 Å². The van der Waals surface area contributed by atoms with Gasteiger partial charge in [-0.3, -0.25) is 0 Å². The first-order valence-corrected chi connectivity index (χ1v) is 13.0. The summed E-state index contributed by atoms with van der Waals surface area (Å²) in [5, 5.41) is 20.6. The summed E-state index contributed by atoms with van der Waals surface area (Å²) in [6.07, 6.45) is 13.9. The molecule has 2 heteroatoms. The first kappa shape index (κ1) is 22.1. The summed E-state index contributed by atoms with van der Waals surface area (Å²) in [6.45, 7) is 12.0. The molecule has 4 rings (SSSR count). The van der Waals surface area contributed by atoms with Gasteiger partial charge in [0.1, 0.15) is 0 Å². The van der Waals surface area contributed by atoms with Crippen LogP contribution in [0, 0.1) is 52.3 Å². The van der Waals surface area contributed by atoms with E-state index in [0.29, 0.717) is 16.7 Å². The predicted octanol–water partition coefficient (Wildman–Crippen LogP) is 6.44. The van der Waals surface area contributed by atoms with Crippen molar-refractivity contribution in [1.29, 1.82) is 0 Å². The molecule has 1 unspecified atom stereocenters. The lowest BCUT2D eigenvalue weighted by atomic mass is 9.44. The van der Waals surface area contributed by atoms with Crippen LogP contribution in [0.15, 0.2) is 0 Å². The predicted molar refractivity (Wildman–Crippen MR) is 120 cm³/mol. The van der Waals surface area contributed by atoms with Gasteiger partial charge in [0.25, 0.3) is 0 Å². The lowest BCUT2D eigenvalue weighted by Crippen LogP contribution is -2.54. The van der Waals surface area contributed by atoms with Crippen molar-refractivity contribution in [2.24, 2.45) is 52.3 Å². The van der Waals surface area contributed by atoms with Gasteiger partial charge in [0.2, 0.25) is 0 Å². The molecule has 2 nitrogen and oxygen atoms in total. The summed E-state index contributed by atoms with van der Waals surface area (Å²) in [5.41, 5.74) is 1.02. The molecule has 0 aromatic carbocycles. The second kappa shape index (κ2) is 8.12. The van der Waals surface area contributed by atoms with E-state index < -0.39 is 0 Å². The van der Waals surface area contributed by atoms with E-state index in [9.17, 15) is 10.2 Å². The van der Waals surface area contributed by atoms with Gasteiger partial charge in [-0.2, -0.15) is 0 Å². The quantitative estimate of drug-likeness (QED) is 0.553. The topological polar surface area (TPSA) is 40.5 Å². The van der Waals surface area contributed by atoms with E-state index in [2.05, 4.69) is 34.6 Å². The van der Waals surface area contributed by atoms with E-state index in [4.69, 9.17) is 0 Å². The molecule has 168 valence electrons. The smallest absolute Gasteiger partial charge is 0.0563 e. The molecule has 4 saturated carbocycles. The minimum atomic E-state index is -0.130. The fraction of sp³-hybridized carbons (Fsp3) is 1.00. The van der Waals surface area contributed by atoms with Crippen molar-refractivity contribution in [3.63, 3.8) is 0 Å². The third kappa shape index (κ3) is 3.73. The Labute approximate surface area is 180 Å². The molecule has 0 radical (unpaired) electrons. The van der Waals surface area contributed by atoms with E-state index in [-0.39, 0.29) is 12.2 Å². The van der Waals surface area contributed by atoms with Gasteiger partial charge in [0, 0.05) is 0 Å². The van der Waals surface area contributed by atoms with Crippen LogP contribution in [0.5, 0.6) is 0 Å². The standard InChI is InChI=1S/C27H48O2/c1-17(2)25(29)11-6-18(3)22-9-10-23-21-8-7-19-16-20(28)12-14-26(19,4)24(21)13-15-27(22,23)5/h17-25,28-29H,6-16H2,1-5H3/t18-,19?,20+,21+,22-,23+,24+,25-,26+,27-/m1/s1. The average Bonchev–Trinajstić information content (AvgIpc) is 3.03. The van der Waals surface area contributed by atoms with Crippen molar-refractivity contribution in [1.82, 2.24) is 0 Å². The highest BCUT2D eigenvalue weighted by atomic mass is 16.3. The van der Waals surface area contributed by atoms with Gasteiger partial charge in [-0.25, -0.2) is 0 Å². The second-order valence-corrected chi connectivity index (χ2v) is 12.7. The zero-order valence-electron chi connectivity index (χ0n) is 19.9. The van der Waals surface area contributed by atoms with E-state index in [1.807, 2.05) is 0 Å². The molecular weight excluding hydrogens is 356 g/mol. The van der Waals surface area contributed by atoms with Crippen LogP contribution >= 0.6 is 0 Å². The molecule has 0 aromatic heterocycles. The Morgan fingerprint density at radius 3 is 2.24 bits per heavy atom. The molecule has 0 heterocycles. The largest absolute Gasteiger partial charge is 0.393 e. The lowest BCUT2D eigenvalue weighted by molar-refractivity contribution is -0.129. The third-order valence-corrected chi connectivity index (χ3v) is 11.1. The van der Waals surface area contributed by atoms with Gasteiger partial charge in [-0.15, -0.1) is 0 Å². The fourth-order valence-electron chi connectivity index (χ4n) is 9.18. The van der Waals surface area contributed by atoms with Crippen molar-refractivity contribution in [2.75, 3.05) is 0 Å². The average molecular weight is 405 g/mol. The minimum absolute atomic E-state index is 0.0311. The number of rotatable bonds is 5. The fourth-order valence-corrected chi connectivity index (χ4v) is 9.18. The molecule has 29 heavy (non-hydrogen) atoms. The zero-order valence-corrected chi connectivity index (χ0v) is 19.9. The van der Waals surface area contributed by atoms with Crippen LogP contribution in [0.1, 0.15) is 105 Å². The van der Waals surface area contributed by atoms with E-state index in [1.165, 1.54) is 51.4 Å². The first-order valence-electron chi connectivity index (χ1n) is 13.0. The molecule has 4 aliphatic carbocycles. The Hall–Kier alpha value is -0.0800. The second-order valence-electron chi connectivity index (χ2n) is 12.7. The van der Waals surface area contributed by atoms with Crippen LogP contribution in [-0.2, 0) is 0 Å². The Morgan fingerprint density at radius 1 is 0.828 bits per heavy atom. The molecule has 2 N–H and O–H groups in total. The van der Waals surface area contributed by atoms with Crippen LogP contribution in [-0.4, -0.2) is 22.4 Å². The molecule has 4 fully saturated rings. The van der Waals surface area contributed by atoms with Gasteiger partial charge in [0.05, 0.1) is 12.2 Å². The van der Waals surface area contributed by atoms with Crippen LogP contribution in [0.4, 0.5) is 0 Å². The van der Waals surface area contributed by atoms with Gasteiger partial charge >= 0.3 is 0 Å². The van der Waals surface area contributed by atoms with Crippen molar-refractivity contribution >= 4 is 0 Å². The normalized spacial score (nSPS) is 49.2. The molecule has 10 atom stereocenters. The SMILES string of the molecule is CC(C)[C@H](O)CC[C@@H](C)[C@H]1CC[C@H]2[C@@H]3CCC4C[C@@H](O)CC[C@]4(C)[C@H]3CC[C@]12C. The van der Waals surface area contributed by atoms with Crippen molar-refractivity contribution in [2.45, 2.75) is 117 Å². The van der Waals surface area contributed by atoms with E-state index >= 15 is 0 Å². The maximum absolute atomic E-state index is 10.3. The summed E-state index contributed by atoms with van der Waals surface area (Å²) < 4.78 is 0. The Morgan fingerprint density at radius 2 is 1.52 bits per heavy atom. The number of hydrogen-bond acceptors (Lipinski definition) is 2. The number of hydrogen-bond donors (Lipinski definition) is 2. The summed E-state index contributed by atoms with van der Waals surface area (Å²) >= 11 is 0. The molecule has 4 aliphatic rings. The number of fused-ring (bicyclic) bond motifs is 5. The Bertz CT molecular complexity index is 573. The third-order valence-electron chi connectivity index (χ3n) is 11.1. The molecule has 0 spiro atoms. The molecule has 0 aromatic rings. The molecule has 0 saturated heterocycles. The summed E-state index contributed by atoms with van der Waals surface area (Å²) in [5.74, 6) is 5.51. The molecular formula is C27H48O2. The van der Waals surface area contributed by atoms with Crippen LogP contribution in [0.25, 0.3) is 0 Å². The molecule has 0 aliphatic heterocycles. The van der Waals surface area contributed by atoms with Crippen molar-refractivity contribution < 1.29 is 10.2 Å². The van der Waals surface area contributed by atoms with Gasteiger partial charge < -0.3 is 10.2 Å². The summed E-state index contributed by atoms with van der Waals surface area (Å²) in [7, 11) is 0. The van der Waals surface area contributed by atoms with E-state index in [0.717, 1.165) is 54.8 Å². The highest BCUT2D eigenvalue weighted by Crippen LogP contribution is 2.68. The van der Waals surface area contributed by atoms with Gasteiger partial charge in [0.15, 0.2) is 0 Å². The highest BCUT2D eigenvalue weighted by Gasteiger charge is 2.60. The number of aliphatic hydroxyl groups excluding tert-OH is 2. The van der Waals surface area contributed by atoms with E-state index in [1.54, 1.807) is 0 Å². The monoisotopic (exact) mass is 404 g/mol. The molecule has 0 amide bonds. The van der Waals surface area contributed by atoms with Gasteiger partial charge in [-0.1, -0.05) is 34.6 Å². The Kier molecular flexibility index (Phi) is 6.19. The van der Waals surface area contributed by atoms with Gasteiger partial charge in [-0.05, 0) is 123 Å². The molecule has 0 bridgehead atoms. The number of aliphatic hydroxyl groups is 2. The van der Waals surface area contributed by atoms with Crippen LogP contribution in [0.2, 0.25) is 0 Å². The highest BCUT2D eigenvalue weighted by molar-refractivity contribution is 5.09. The maximum atomic E-state index is 10.3. The first-order chi connectivity index (χ1) is 13.7. The maximum Gasteiger partial charge on any atom is 0.0563 e. The summed E-state index contributed by atoms with van der Waals surface area (Å²) in [4.78, 5) is 0. The van der Waals surface area contributed by atoms with Crippen LogP contribution < -0.4 is 0 Å². The minimum Gasteiger partial charge on any atom is -0.393 e. The lowest BCUT2D eigenvalue weighted by Gasteiger charge is -2.61.